The summed E-state index contributed by atoms with van der Waals surface area (Å²) in [6, 6.07) is 0. The molecule has 2 rings (SSSR count). The summed E-state index contributed by atoms with van der Waals surface area (Å²) >= 11 is 0. The molecule has 10 heteroatoms. The van der Waals surface area contributed by atoms with Crippen molar-refractivity contribution in [3.05, 3.63) is 12.2 Å². The molecule has 1 saturated heterocycles. The van der Waals surface area contributed by atoms with E-state index in [1.807, 2.05) is 0 Å². The maximum atomic E-state index is 12.0. The van der Waals surface area contributed by atoms with Gasteiger partial charge in [-0.1, -0.05) is 5.16 Å². The Balaban J connectivity index is 1.80. The molecule has 0 saturated carbocycles. The first-order valence-corrected chi connectivity index (χ1v) is 7.66. The molecule has 0 spiro atoms. The average Bonchev–Trinajstić information content (AvgIpc) is 2.92. The van der Waals surface area contributed by atoms with E-state index < -0.39 is 22.1 Å². The summed E-state index contributed by atoms with van der Waals surface area (Å²) in [4.78, 5) is 14.6. The van der Waals surface area contributed by atoms with E-state index in [4.69, 9.17) is 5.11 Å². The number of carboxylic acids is 1. The number of hydrogen-bond acceptors (Lipinski definition) is 6. The molecule has 1 aromatic heterocycles. The first-order valence-electron chi connectivity index (χ1n) is 6.22. The predicted octanol–water partition coefficient (Wildman–Crippen LogP) is -0.757. The van der Waals surface area contributed by atoms with Crippen molar-refractivity contribution in [3.63, 3.8) is 0 Å². The molecule has 0 bridgehead atoms. The number of nitrogens with zero attached hydrogens (tertiary/aromatic N) is 3. The largest absolute Gasteiger partial charge is 0.481 e. The highest BCUT2D eigenvalue weighted by Gasteiger charge is 2.30. The maximum absolute atomic E-state index is 12.0. The van der Waals surface area contributed by atoms with E-state index in [9.17, 15) is 13.2 Å². The lowest BCUT2D eigenvalue weighted by Crippen LogP contribution is -2.46. The lowest BCUT2D eigenvalue weighted by atomic mass is 9.99. The molecular formula is C10H16N4O5S. The van der Waals surface area contributed by atoms with Gasteiger partial charge in [0.15, 0.2) is 5.82 Å². The zero-order valence-electron chi connectivity index (χ0n) is 10.7. The highest BCUT2D eigenvalue weighted by molar-refractivity contribution is 7.87. The molecule has 112 valence electrons. The monoisotopic (exact) mass is 304 g/mol. The van der Waals surface area contributed by atoms with Crippen LogP contribution >= 0.6 is 0 Å². The normalized spacial score (nSPS) is 18.2. The van der Waals surface area contributed by atoms with E-state index in [0.29, 0.717) is 25.1 Å². The molecular weight excluding hydrogens is 288 g/mol. The van der Waals surface area contributed by atoms with E-state index in [1.54, 1.807) is 0 Å². The van der Waals surface area contributed by atoms with Crippen molar-refractivity contribution in [2.75, 3.05) is 19.6 Å². The number of aliphatic carboxylic acids is 1. The van der Waals surface area contributed by atoms with Crippen molar-refractivity contribution >= 4 is 16.2 Å². The molecule has 0 radical (unpaired) electrons. The number of rotatable bonds is 6. The Morgan fingerprint density at radius 1 is 1.50 bits per heavy atom. The van der Waals surface area contributed by atoms with Crippen molar-refractivity contribution in [1.82, 2.24) is 19.2 Å². The molecule has 1 aliphatic rings. The highest BCUT2D eigenvalue weighted by atomic mass is 32.2. The summed E-state index contributed by atoms with van der Waals surface area (Å²) in [5.74, 6) is -0.898. The van der Waals surface area contributed by atoms with E-state index in [2.05, 4.69) is 19.4 Å². The zero-order valence-corrected chi connectivity index (χ0v) is 11.5. The van der Waals surface area contributed by atoms with Crippen LogP contribution in [-0.4, -0.2) is 53.6 Å². The van der Waals surface area contributed by atoms with Crippen molar-refractivity contribution in [2.24, 2.45) is 5.92 Å². The van der Waals surface area contributed by atoms with Gasteiger partial charge in [-0.2, -0.15) is 17.7 Å². The van der Waals surface area contributed by atoms with Crippen LogP contribution in [0.5, 0.6) is 0 Å². The standard InChI is InChI=1S/C10H16N4O5S/c15-10(16)8-2-5-14(6-3-8)20(17,18)12-4-1-9-11-7-19-13-9/h7-8,12H,1-6H2,(H,15,16). The van der Waals surface area contributed by atoms with Crippen LogP contribution in [0.3, 0.4) is 0 Å². The average molecular weight is 304 g/mol. The molecule has 0 aliphatic carbocycles. The number of hydrogen-bond donors (Lipinski definition) is 2. The van der Waals surface area contributed by atoms with Crippen LogP contribution in [0.4, 0.5) is 0 Å². The molecule has 1 aromatic rings. The molecule has 0 unspecified atom stereocenters. The SMILES string of the molecule is O=C(O)C1CCN(S(=O)(=O)NCCc2ncon2)CC1. The Morgan fingerprint density at radius 2 is 2.20 bits per heavy atom. The molecule has 9 nitrogen and oxygen atoms in total. The van der Waals surface area contributed by atoms with Gasteiger partial charge < -0.3 is 9.63 Å². The van der Waals surface area contributed by atoms with Gasteiger partial charge in [0.2, 0.25) is 6.39 Å². The van der Waals surface area contributed by atoms with Gasteiger partial charge in [0.05, 0.1) is 5.92 Å². The minimum absolute atomic E-state index is 0.167. The van der Waals surface area contributed by atoms with E-state index >= 15 is 0 Å². The Labute approximate surface area is 116 Å². The maximum Gasteiger partial charge on any atom is 0.306 e. The topological polar surface area (TPSA) is 126 Å². The first-order chi connectivity index (χ1) is 9.49. The number of nitrogens with one attached hydrogen (secondary N) is 1. The lowest BCUT2D eigenvalue weighted by molar-refractivity contribution is -0.142. The summed E-state index contributed by atoms with van der Waals surface area (Å²) in [5.41, 5.74) is 0. The number of aromatic nitrogens is 2. The predicted molar refractivity (Wildman–Crippen MR) is 66.9 cm³/mol. The number of piperidine rings is 1. The van der Waals surface area contributed by atoms with Crippen LogP contribution in [0, 0.1) is 5.92 Å². The zero-order chi connectivity index (χ0) is 14.6. The summed E-state index contributed by atoms with van der Waals surface area (Å²) in [6.45, 7) is 0.601. The molecule has 2 heterocycles. The summed E-state index contributed by atoms with van der Waals surface area (Å²) in [7, 11) is -3.58. The molecule has 1 aliphatic heterocycles. The fourth-order valence-electron chi connectivity index (χ4n) is 2.03. The van der Waals surface area contributed by atoms with Crippen molar-refractivity contribution in [3.8, 4) is 0 Å². The second kappa shape index (κ2) is 6.29. The molecule has 0 aromatic carbocycles. The first kappa shape index (κ1) is 14.9. The van der Waals surface area contributed by atoms with Gasteiger partial charge in [-0.25, -0.2) is 4.72 Å². The molecule has 1 fully saturated rings. The third-order valence-electron chi connectivity index (χ3n) is 3.18. The molecule has 20 heavy (non-hydrogen) atoms. The molecule has 2 N–H and O–H groups in total. The minimum Gasteiger partial charge on any atom is -0.481 e. The second-order valence-electron chi connectivity index (χ2n) is 4.51. The van der Waals surface area contributed by atoms with Crippen LogP contribution in [0.15, 0.2) is 10.9 Å². The smallest absolute Gasteiger partial charge is 0.306 e. The third kappa shape index (κ3) is 3.74. The van der Waals surface area contributed by atoms with Crippen LogP contribution in [0.1, 0.15) is 18.7 Å². The van der Waals surface area contributed by atoms with Gasteiger partial charge in [0.1, 0.15) is 0 Å². The van der Waals surface area contributed by atoms with Gasteiger partial charge in [0, 0.05) is 26.1 Å². The lowest BCUT2D eigenvalue weighted by Gasteiger charge is -2.29. The van der Waals surface area contributed by atoms with Gasteiger partial charge in [-0.05, 0) is 12.8 Å². The highest BCUT2D eigenvalue weighted by Crippen LogP contribution is 2.18. The van der Waals surface area contributed by atoms with E-state index in [1.165, 1.54) is 10.7 Å². The molecule has 0 atom stereocenters. The van der Waals surface area contributed by atoms with Crippen LogP contribution < -0.4 is 4.72 Å². The van der Waals surface area contributed by atoms with Gasteiger partial charge in [0.25, 0.3) is 10.2 Å². The summed E-state index contributed by atoms with van der Waals surface area (Å²) < 4.78 is 32.2. The Hall–Kier alpha value is -1.52. The van der Waals surface area contributed by atoms with Crippen LogP contribution in [-0.2, 0) is 21.4 Å². The number of carboxylic acid groups (broad SMARTS) is 1. The molecule has 0 amide bonds. The van der Waals surface area contributed by atoms with Crippen molar-refractivity contribution in [1.29, 1.82) is 0 Å². The van der Waals surface area contributed by atoms with Gasteiger partial charge in [-0.3, -0.25) is 4.79 Å². The van der Waals surface area contributed by atoms with Crippen molar-refractivity contribution in [2.45, 2.75) is 19.3 Å². The van der Waals surface area contributed by atoms with Gasteiger partial charge >= 0.3 is 5.97 Å². The summed E-state index contributed by atoms with van der Waals surface area (Å²) in [6.07, 6.45) is 2.18. The van der Waals surface area contributed by atoms with Crippen LogP contribution in [0.2, 0.25) is 0 Å². The minimum atomic E-state index is -3.58. The van der Waals surface area contributed by atoms with Crippen LogP contribution in [0.25, 0.3) is 0 Å². The van der Waals surface area contributed by atoms with E-state index in [-0.39, 0.29) is 19.6 Å². The number of carbonyl (C=O) groups is 1. The fourth-order valence-corrected chi connectivity index (χ4v) is 3.26. The van der Waals surface area contributed by atoms with Crippen molar-refractivity contribution < 1.29 is 22.8 Å². The summed E-state index contributed by atoms with van der Waals surface area (Å²) in [5, 5.41) is 12.4. The Kier molecular flexibility index (Phi) is 4.68. The van der Waals surface area contributed by atoms with Gasteiger partial charge in [-0.15, -0.1) is 0 Å². The Morgan fingerprint density at radius 3 is 2.75 bits per heavy atom. The fraction of sp³-hybridized carbons (Fsp3) is 0.700. The Bertz CT molecular complexity index is 536. The quantitative estimate of drug-likeness (QED) is 0.707. The third-order valence-corrected chi connectivity index (χ3v) is 4.80. The second-order valence-corrected chi connectivity index (χ2v) is 6.26. The van der Waals surface area contributed by atoms with E-state index in [0.717, 1.165) is 0 Å².